The molecule has 0 aromatic heterocycles. The third-order valence-corrected chi connectivity index (χ3v) is 3.62. The van der Waals surface area contributed by atoms with Gasteiger partial charge in [-0.15, -0.1) is 18.2 Å². The Morgan fingerprint density at radius 1 is 1.58 bits per heavy atom. The van der Waals surface area contributed by atoms with Gasteiger partial charge in [0.25, 0.3) is 0 Å². The molecule has 2 aliphatic rings. The van der Waals surface area contributed by atoms with E-state index in [0.29, 0.717) is 5.41 Å². The first-order chi connectivity index (χ1) is 5.79. The minimum Gasteiger partial charge on any atom is -0.127 e. The van der Waals surface area contributed by atoms with Gasteiger partial charge in [-0.3, -0.25) is 0 Å². The Kier molecular flexibility index (Phi) is 2.04. The molecule has 3 unspecified atom stereocenters. The van der Waals surface area contributed by atoms with Crippen molar-refractivity contribution in [2.24, 2.45) is 17.3 Å². The van der Waals surface area contributed by atoms with Crippen LogP contribution in [0.3, 0.4) is 0 Å². The summed E-state index contributed by atoms with van der Waals surface area (Å²) in [6.07, 6.45) is 10.6. The van der Waals surface area contributed by atoms with Gasteiger partial charge in [-0.2, -0.15) is 0 Å². The molecule has 12 heavy (non-hydrogen) atoms. The van der Waals surface area contributed by atoms with E-state index in [1.807, 2.05) is 0 Å². The van der Waals surface area contributed by atoms with Gasteiger partial charge in [0.2, 0.25) is 0 Å². The van der Waals surface area contributed by atoms with Gasteiger partial charge in [0, 0.05) is 5.88 Å². The van der Waals surface area contributed by atoms with Gasteiger partial charge >= 0.3 is 0 Å². The van der Waals surface area contributed by atoms with Crippen LogP contribution in [0.15, 0.2) is 24.8 Å². The Bertz CT molecular complexity index is 219. The Morgan fingerprint density at radius 2 is 2.42 bits per heavy atom. The lowest BCUT2D eigenvalue weighted by Gasteiger charge is -2.23. The summed E-state index contributed by atoms with van der Waals surface area (Å²) in [6, 6.07) is 0. The summed E-state index contributed by atoms with van der Waals surface area (Å²) in [5.74, 6) is 2.28. The van der Waals surface area contributed by atoms with E-state index in [-0.39, 0.29) is 0 Å². The first-order valence-corrected chi connectivity index (χ1v) is 5.21. The molecular weight excluding hydrogens is 168 g/mol. The van der Waals surface area contributed by atoms with E-state index in [2.05, 4.69) is 24.8 Å². The summed E-state index contributed by atoms with van der Waals surface area (Å²) in [5, 5.41) is 0. The molecule has 2 bridgehead atoms. The van der Waals surface area contributed by atoms with Crippen molar-refractivity contribution in [2.45, 2.75) is 19.3 Å². The van der Waals surface area contributed by atoms with Crippen molar-refractivity contribution in [3.63, 3.8) is 0 Å². The van der Waals surface area contributed by atoms with Gasteiger partial charge in [0.05, 0.1) is 0 Å². The van der Waals surface area contributed by atoms with Crippen LogP contribution < -0.4 is 0 Å². The topological polar surface area (TPSA) is 0 Å². The first kappa shape index (κ1) is 8.37. The molecule has 0 aromatic carbocycles. The molecule has 0 aliphatic heterocycles. The number of hydrogen-bond donors (Lipinski definition) is 0. The van der Waals surface area contributed by atoms with E-state index in [1.165, 1.54) is 12.8 Å². The highest BCUT2D eigenvalue weighted by atomic mass is 35.5. The number of hydrogen-bond acceptors (Lipinski definition) is 0. The SMILES string of the molecule is C=CC1CC2(CCCl)C=CC1C2. The largest absolute Gasteiger partial charge is 0.127 e. The zero-order valence-corrected chi connectivity index (χ0v) is 8.06. The summed E-state index contributed by atoms with van der Waals surface area (Å²) >= 11 is 5.80. The van der Waals surface area contributed by atoms with Crippen molar-refractivity contribution in [1.29, 1.82) is 0 Å². The van der Waals surface area contributed by atoms with Gasteiger partial charge in [0.1, 0.15) is 0 Å². The van der Waals surface area contributed by atoms with Crippen LogP contribution in [0.4, 0.5) is 0 Å². The van der Waals surface area contributed by atoms with Crippen LogP contribution >= 0.6 is 11.6 Å². The molecule has 0 spiro atoms. The molecule has 0 radical (unpaired) electrons. The molecule has 0 heterocycles. The Hall–Kier alpha value is -0.230. The molecule has 0 amide bonds. The van der Waals surface area contributed by atoms with Crippen molar-refractivity contribution >= 4 is 11.6 Å². The lowest BCUT2D eigenvalue weighted by Crippen LogP contribution is -2.14. The van der Waals surface area contributed by atoms with Crippen LogP contribution in [-0.4, -0.2) is 5.88 Å². The van der Waals surface area contributed by atoms with Gasteiger partial charge in [-0.25, -0.2) is 0 Å². The second kappa shape index (κ2) is 2.92. The van der Waals surface area contributed by atoms with E-state index in [1.54, 1.807) is 0 Å². The monoisotopic (exact) mass is 182 g/mol. The van der Waals surface area contributed by atoms with Crippen LogP contribution in [0.2, 0.25) is 0 Å². The minimum atomic E-state index is 0.450. The third-order valence-electron chi connectivity index (χ3n) is 3.43. The quantitative estimate of drug-likeness (QED) is 0.464. The fourth-order valence-electron chi connectivity index (χ4n) is 2.73. The average molecular weight is 183 g/mol. The van der Waals surface area contributed by atoms with Gasteiger partial charge in [-0.05, 0) is 36.5 Å². The number of fused-ring (bicyclic) bond motifs is 2. The van der Waals surface area contributed by atoms with Gasteiger partial charge in [-0.1, -0.05) is 18.2 Å². The molecule has 2 aliphatic carbocycles. The predicted octanol–water partition coefficient (Wildman–Crippen LogP) is 3.38. The molecule has 2 rings (SSSR count). The zero-order valence-electron chi connectivity index (χ0n) is 7.30. The van der Waals surface area contributed by atoms with E-state index < -0.39 is 0 Å². The summed E-state index contributed by atoms with van der Waals surface area (Å²) in [5.41, 5.74) is 0.450. The van der Waals surface area contributed by atoms with Crippen LogP contribution in [-0.2, 0) is 0 Å². The summed E-state index contributed by atoms with van der Waals surface area (Å²) < 4.78 is 0. The molecule has 0 N–H and O–H groups in total. The maximum Gasteiger partial charge on any atom is 0.0231 e. The highest BCUT2D eigenvalue weighted by Gasteiger charge is 2.44. The van der Waals surface area contributed by atoms with E-state index in [0.717, 1.165) is 24.1 Å². The smallest absolute Gasteiger partial charge is 0.0231 e. The first-order valence-electron chi connectivity index (χ1n) is 4.67. The number of alkyl halides is 1. The highest BCUT2D eigenvalue weighted by molar-refractivity contribution is 6.17. The van der Waals surface area contributed by atoms with Crippen LogP contribution in [0.1, 0.15) is 19.3 Å². The molecule has 3 atom stereocenters. The summed E-state index contributed by atoms with van der Waals surface area (Å²) in [7, 11) is 0. The third kappa shape index (κ3) is 1.13. The number of allylic oxidation sites excluding steroid dienone is 3. The second-order valence-corrected chi connectivity index (χ2v) is 4.51. The molecule has 1 fully saturated rings. The molecule has 66 valence electrons. The van der Waals surface area contributed by atoms with Gasteiger partial charge in [0.15, 0.2) is 0 Å². The van der Waals surface area contributed by atoms with Crippen LogP contribution in [0.25, 0.3) is 0 Å². The molecule has 1 heteroatoms. The lowest BCUT2D eigenvalue weighted by atomic mass is 9.82. The zero-order chi connectivity index (χ0) is 8.60. The van der Waals surface area contributed by atoms with Crippen molar-refractivity contribution in [3.05, 3.63) is 24.8 Å². The molecule has 0 saturated heterocycles. The number of rotatable bonds is 3. The van der Waals surface area contributed by atoms with Crippen molar-refractivity contribution in [3.8, 4) is 0 Å². The molecule has 0 aromatic rings. The Balaban J connectivity index is 2.13. The Morgan fingerprint density at radius 3 is 3.00 bits per heavy atom. The Labute approximate surface area is 79.3 Å². The summed E-state index contributed by atoms with van der Waals surface area (Å²) in [6.45, 7) is 3.89. The highest BCUT2D eigenvalue weighted by Crippen LogP contribution is 2.54. The van der Waals surface area contributed by atoms with E-state index in [9.17, 15) is 0 Å². The summed E-state index contributed by atoms with van der Waals surface area (Å²) in [4.78, 5) is 0. The second-order valence-electron chi connectivity index (χ2n) is 4.13. The normalized spacial score (nSPS) is 43.8. The van der Waals surface area contributed by atoms with Crippen molar-refractivity contribution in [1.82, 2.24) is 0 Å². The van der Waals surface area contributed by atoms with E-state index in [4.69, 9.17) is 11.6 Å². The average Bonchev–Trinajstić information content (AvgIpc) is 2.61. The molecule has 1 saturated carbocycles. The standard InChI is InChI=1S/C11H15Cl/c1-2-9-7-11(5-6-12)4-3-10(9)8-11/h2-4,9-10H,1,5-8H2. The predicted molar refractivity (Wildman–Crippen MR) is 53.3 cm³/mol. The minimum absolute atomic E-state index is 0.450. The van der Waals surface area contributed by atoms with Crippen molar-refractivity contribution in [2.75, 3.05) is 5.88 Å². The van der Waals surface area contributed by atoms with E-state index >= 15 is 0 Å². The van der Waals surface area contributed by atoms with Crippen molar-refractivity contribution < 1.29 is 0 Å². The maximum absolute atomic E-state index is 5.80. The van der Waals surface area contributed by atoms with Crippen LogP contribution in [0.5, 0.6) is 0 Å². The van der Waals surface area contributed by atoms with Gasteiger partial charge < -0.3 is 0 Å². The maximum atomic E-state index is 5.80. The molecular formula is C11H15Cl. The lowest BCUT2D eigenvalue weighted by molar-refractivity contribution is 0.379. The molecule has 0 nitrogen and oxygen atoms in total. The fourth-order valence-corrected chi connectivity index (χ4v) is 3.11. The van der Waals surface area contributed by atoms with Crippen LogP contribution in [0, 0.1) is 17.3 Å². The fraction of sp³-hybridized carbons (Fsp3) is 0.636. The number of halogens is 1.